The minimum absolute atomic E-state index is 0.182. The van der Waals surface area contributed by atoms with Gasteiger partial charge in [0, 0.05) is 31.7 Å². The van der Waals surface area contributed by atoms with Crippen LogP contribution < -0.4 is 0 Å². The van der Waals surface area contributed by atoms with Crippen molar-refractivity contribution in [3.63, 3.8) is 0 Å². The zero-order chi connectivity index (χ0) is 14.7. The fourth-order valence-corrected chi connectivity index (χ4v) is 3.37. The molecule has 0 amide bonds. The molecule has 1 N–H and O–H groups in total. The van der Waals surface area contributed by atoms with Crippen molar-refractivity contribution >= 4 is 0 Å². The summed E-state index contributed by atoms with van der Waals surface area (Å²) < 4.78 is 0. The molecular formula is C17H28N2O. The Morgan fingerprint density at radius 1 is 1.15 bits per heavy atom. The van der Waals surface area contributed by atoms with Crippen molar-refractivity contribution < 1.29 is 5.11 Å². The van der Waals surface area contributed by atoms with Gasteiger partial charge in [-0.15, -0.1) is 0 Å². The third kappa shape index (κ3) is 3.40. The van der Waals surface area contributed by atoms with Gasteiger partial charge in [0.2, 0.25) is 0 Å². The third-order valence-electron chi connectivity index (χ3n) is 4.41. The average Bonchev–Trinajstić information content (AvgIpc) is 2.42. The second-order valence-corrected chi connectivity index (χ2v) is 6.44. The van der Waals surface area contributed by atoms with E-state index < -0.39 is 6.10 Å². The average molecular weight is 276 g/mol. The molecule has 3 nitrogen and oxygen atoms in total. The van der Waals surface area contributed by atoms with E-state index in [-0.39, 0.29) is 6.04 Å². The van der Waals surface area contributed by atoms with E-state index in [1.165, 1.54) is 0 Å². The van der Waals surface area contributed by atoms with Crippen molar-refractivity contribution in [3.05, 3.63) is 35.9 Å². The Morgan fingerprint density at radius 3 is 2.35 bits per heavy atom. The topological polar surface area (TPSA) is 26.7 Å². The summed E-state index contributed by atoms with van der Waals surface area (Å²) in [4.78, 5) is 4.86. The number of piperazine rings is 1. The summed E-state index contributed by atoms with van der Waals surface area (Å²) in [5.41, 5.74) is 1.03. The molecule has 0 aromatic heterocycles. The molecule has 1 aliphatic rings. The highest BCUT2D eigenvalue weighted by atomic mass is 16.3. The first-order chi connectivity index (χ1) is 9.50. The molecule has 0 spiro atoms. The first-order valence-corrected chi connectivity index (χ1v) is 7.68. The van der Waals surface area contributed by atoms with E-state index in [4.69, 9.17) is 0 Å². The van der Waals surface area contributed by atoms with Crippen molar-refractivity contribution in [2.24, 2.45) is 5.92 Å². The SMILES string of the molecule is CC(C)C(C(O)c1ccccc1)N1CCN(C)CC1C. The number of rotatable bonds is 4. The van der Waals surface area contributed by atoms with Crippen LogP contribution in [0, 0.1) is 5.92 Å². The van der Waals surface area contributed by atoms with Crippen LogP contribution in [0.4, 0.5) is 0 Å². The van der Waals surface area contributed by atoms with E-state index in [0.717, 1.165) is 25.2 Å². The van der Waals surface area contributed by atoms with Crippen molar-refractivity contribution in [3.8, 4) is 0 Å². The molecule has 0 saturated carbocycles. The Morgan fingerprint density at radius 2 is 1.80 bits per heavy atom. The van der Waals surface area contributed by atoms with Gasteiger partial charge >= 0.3 is 0 Å². The van der Waals surface area contributed by atoms with Crippen LogP contribution in [0.3, 0.4) is 0 Å². The van der Waals surface area contributed by atoms with E-state index in [1.54, 1.807) is 0 Å². The lowest BCUT2D eigenvalue weighted by atomic mass is 9.90. The van der Waals surface area contributed by atoms with Crippen LogP contribution in [0.15, 0.2) is 30.3 Å². The standard InChI is InChI=1S/C17H28N2O/c1-13(2)16(17(20)15-8-6-5-7-9-15)19-11-10-18(4)12-14(19)3/h5-9,13-14,16-17,20H,10-12H2,1-4H3. The molecule has 20 heavy (non-hydrogen) atoms. The summed E-state index contributed by atoms with van der Waals surface area (Å²) >= 11 is 0. The van der Waals surface area contributed by atoms with E-state index in [2.05, 4.69) is 37.6 Å². The fraction of sp³-hybridized carbons (Fsp3) is 0.647. The fourth-order valence-electron chi connectivity index (χ4n) is 3.37. The number of benzene rings is 1. The minimum atomic E-state index is -0.415. The molecule has 2 rings (SSSR count). The van der Waals surface area contributed by atoms with Gasteiger partial charge in [0.05, 0.1) is 6.10 Å². The molecule has 0 radical (unpaired) electrons. The maximum Gasteiger partial charge on any atom is 0.0947 e. The lowest BCUT2D eigenvalue weighted by Gasteiger charge is -2.46. The Hall–Kier alpha value is -0.900. The normalized spacial score (nSPS) is 24.8. The Balaban J connectivity index is 2.19. The summed E-state index contributed by atoms with van der Waals surface area (Å²) in [7, 11) is 2.17. The van der Waals surface area contributed by atoms with Crippen LogP contribution in [0.2, 0.25) is 0 Å². The molecule has 1 aromatic carbocycles. The predicted molar refractivity (Wildman–Crippen MR) is 83.7 cm³/mol. The van der Waals surface area contributed by atoms with Gasteiger partial charge in [-0.3, -0.25) is 4.90 Å². The third-order valence-corrected chi connectivity index (χ3v) is 4.41. The lowest BCUT2D eigenvalue weighted by molar-refractivity contribution is -0.0260. The Kier molecular flexibility index (Phi) is 5.19. The largest absolute Gasteiger partial charge is 0.387 e. The number of likely N-dealkylation sites (N-methyl/N-ethyl adjacent to an activating group) is 1. The van der Waals surface area contributed by atoms with Crippen LogP contribution in [0.5, 0.6) is 0 Å². The predicted octanol–water partition coefficient (Wildman–Crippen LogP) is 2.38. The molecule has 112 valence electrons. The van der Waals surface area contributed by atoms with Gasteiger partial charge < -0.3 is 10.0 Å². The number of hydrogen-bond donors (Lipinski definition) is 1. The van der Waals surface area contributed by atoms with Gasteiger partial charge in [-0.05, 0) is 25.5 Å². The molecule has 0 bridgehead atoms. The number of aliphatic hydroxyl groups is 1. The number of nitrogens with zero attached hydrogens (tertiary/aromatic N) is 2. The van der Waals surface area contributed by atoms with Crippen molar-refractivity contribution in [2.45, 2.75) is 39.0 Å². The van der Waals surface area contributed by atoms with Gasteiger partial charge in [-0.2, -0.15) is 0 Å². The molecule has 0 aliphatic carbocycles. The minimum Gasteiger partial charge on any atom is -0.387 e. The molecule has 3 unspecified atom stereocenters. The van der Waals surface area contributed by atoms with Crippen molar-refractivity contribution in [1.82, 2.24) is 9.80 Å². The highest BCUT2D eigenvalue weighted by Gasteiger charge is 2.34. The Bertz CT molecular complexity index is 407. The van der Waals surface area contributed by atoms with Crippen LogP contribution in [-0.2, 0) is 0 Å². The van der Waals surface area contributed by atoms with Gasteiger partial charge in [-0.1, -0.05) is 44.2 Å². The zero-order valence-corrected chi connectivity index (χ0v) is 13.2. The van der Waals surface area contributed by atoms with Gasteiger partial charge in [0.1, 0.15) is 0 Å². The highest BCUT2D eigenvalue weighted by Crippen LogP contribution is 2.29. The van der Waals surface area contributed by atoms with Crippen LogP contribution in [0.25, 0.3) is 0 Å². The molecule has 3 atom stereocenters. The van der Waals surface area contributed by atoms with Crippen molar-refractivity contribution in [1.29, 1.82) is 0 Å². The van der Waals surface area contributed by atoms with Gasteiger partial charge in [0.25, 0.3) is 0 Å². The highest BCUT2D eigenvalue weighted by molar-refractivity contribution is 5.19. The van der Waals surface area contributed by atoms with Gasteiger partial charge in [-0.25, -0.2) is 0 Å². The van der Waals surface area contributed by atoms with Crippen LogP contribution in [-0.4, -0.2) is 53.7 Å². The first-order valence-electron chi connectivity index (χ1n) is 7.68. The Labute approximate surface area is 123 Å². The van der Waals surface area contributed by atoms with Crippen molar-refractivity contribution in [2.75, 3.05) is 26.7 Å². The van der Waals surface area contributed by atoms with E-state index in [0.29, 0.717) is 12.0 Å². The van der Waals surface area contributed by atoms with Crippen LogP contribution >= 0.6 is 0 Å². The first kappa shape index (κ1) is 15.5. The van der Waals surface area contributed by atoms with Crippen LogP contribution in [0.1, 0.15) is 32.4 Å². The molecule has 1 aromatic rings. The van der Waals surface area contributed by atoms with Gasteiger partial charge in [0.15, 0.2) is 0 Å². The number of hydrogen-bond acceptors (Lipinski definition) is 3. The molecular weight excluding hydrogens is 248 g/mol. The van der Waals surface area contributed by atoms with E-state index in [9.17, 15) is 5.11 Å². The summed E-state index contributed by atoms with van der Waals surface area (Å²) in [5, 5.41) is 10.8. The smallest absolute Gasteiger partial charge is 0.0947 e. The second kappa shape index (κ2) is 6.70. The summed E-state index contributed by atoms with van der Waals surface area (Å²) in [6.45, 7) is 9.87. The van der Waals surface area contributed by atoms with E-state index in [1.807, 2.05) is 30.3 Å². The second-order valence-electron chi connectivity index (χ2n) is 6.44. The summed E-state index contributed by atoms with van der Waals surface area (Å²) in [6, 6.07) is 10.7. The molecule has 1 aliphatic heterocycles. The molecule has 1 fully saturated rings. The maximum absolute atomic E-state index is 10.8. The monoisotopic (exact) mass is 276 g/mol. The number of aliphatic hydroxyl groups excluding tert-OH is 1. The maximum atomic E-state index is 10.8. The lowest BCUT2D eigenvalue weighted by Crippen LogP contribution is -2.57. The van der Waals surface area contributed by atoms with E-state index >= 15 is 0 Å². The molecule has 1 saturated heterocycles. The molecule has 3 heteroatoms. The molecule has 1 heterocycles. The zero-order valence-electron chi connectivity index (χ0n) is 13.2. The quantitative estimate of drug-likeness (QED) is 0.914. The summed E-state index contributed by atoms with van der Waals surface area (Å²) in [6.07, 6.45) is -0.415. The summed E-state index contributed by atoms with van der Waals surface area (Å²) in [5.74, 6) is 0.427.